The highest BCUT2D eigenvalue weighted by Crippen LogP contribution is 1.98. The molecule has 0 fully saturated rings. The van der Waals surface area contributed by atoms with Gasteiger partial charge in [0.05, 0.1) is 25.7 Å². The summed E-state index contributed by atoms with van der Waals surface area (Å²) in [6.45, 7) is 5.29. The lowest BCUT2D eigenvalue weighted by atomic mass is 10.3. The first-order valence-corrected chi connectivity index (χ1v) is 13.0. The van der Waals surface area contributed by atoms with Gasteiger partial charge in [-0.1, -0.05) is 6.92 Å². The number of nitrogens with one attached hydrogen (secondary N) is 2. The summed E-state index contributed by atoms with van der Waals surface area (Å²) in [6.07, 6.45) is -0.106. The van der Waals surface area contributed by atoms with Gasteiger partial charge in [0, 0.05) is 78.3 Å². The summed E-state index contributed by atoms with van der Waals surface area (Å²) in [5.74, 6) is -4.36. The lowest BCUT2D eigenvalue weighted by Gasteiger charge is -2.22. The number of amides is 2. The molecule has 0 saturated heterocycles. The Balaban J connectivity index is 4.31. The molecule has 39 heavy (non-hydrogen) atoms. The molecule has 0 aliphatic heterocycles. The van der Waals surface area contributed by atoms with Gasteiger partial charge in [0.1, 0.15) is 0 Å². The number of carboxylic acids is 4. The summed E-state index contributed by atoms with van der Waals surface area (Å²) < 4.78 is 0. The average molecular weight is 562 g/mol. The molecule has 0 aromatic heterocycles. The topological polar surface area (TPSA) is 217 Å². The molecule has 2 amide bonds. The number of hydrogen-bond acceptors (Lipinski definition) is 9. The minimum atomic E-state index is -0.985. The summed E-state index contributed by atoms with van der Waals surface area (Å²) in [5.41, 5.74) is 0. The summed E-state index contributed by atoms with van der Waals surface area (Å²) in [4.78, 5) is 72.9. The van der Waals surface area contributed by atoms with Crippen molar-refractivity contribution >= 4 is 35.7 Å². The SMILES string of the molecule is CCN(CCC(=O)NCCN(CCC(=O)O)CCC(=O)O)CCC(=O)NCCN(CCC(=O)O)CCC(=O)O. The van der Waals surface area contributed by atoms with Gasteiger partial charge in [-0.3, -0.25) is 28.8 Å². The standard InChI is InChI=1S/C24H43N5O10/c1-2-27(11-3-19(30)25-9-17-28(13-5-21(32)33)14-6-22(34)35)12-4-20(31)26-10-18-29(15-7-23(36)37)16-8-24(38)39/h2-18H2,1H3,(H,25,30)(H,26,31)(H,32,33)(H,34,35)(H,36,37)(H,38,39). The van der Waals surface area contributed by atoms with Gasteiger partial charge < -0.3 is 45.8 Å². The van der Waals surface area contributed by atoms with Crippen molar-refractivity contribution in [3.63, 3.8) is 0 Å². The van der Waals surface area contributed by atoms with Gasteiger partial charge in [-0.25, -0.2) is 0 Å². The Labute approximate surface area is 228 Å². The van der Waals surface area contributed by atoms with E-state index in [9.17, 15) is 28.8 Å². The lowest BCUT2D eigenvalue weighted by molar-refractivity contribution is -0.139. The van der Waals surface area contributed by atoms with Gasteiger partial charge >= 0.3 is 23.9 Å². The van der Waals surface area contributed by atoms with Crippen LogP contribution in [0.3, 0.4) is 0 Å². The fourth-order valence-corrected chi connectivity index (χ4v) is 3.52. The average Bonchev–Trinajstić information content (AvgIpc) is 2.86. The highest BCUT2D eigenvalue weighted by molar-refractivity contribution is 5.76. The molecule has 0 radical (unpaired) electrons. The van der Waals surface area contributed by atoms with Crippen molar-refractivity contribution in [2.75, 3.05) is 72.0 Å². The molecule has 0 bridgehead atoms. The number of aliphatic carboxylic acids is 4. The van der Waals surface area contributed by atoms with E-state index in [1.165, 1.54) is 0 Å². The highest BCUT2D eigenvalue weighted by Gasteiger charge is 2.13. The highest BCUT2D eigenvalue weighted by atomic mass is 16.4. The number of carbonyl (C=O) groups is 6. The summed E-state index contributed by atoms with van der Waals surface area (Å²) in [6, 6.07) is 0. The van der Waals surface area contributed by atoms with Crippen molar-refractivity contribution in [2.45, 2.75) is 45.4 Å². The molecule has 6 N–H and O–H groups in total. The maximum Gasteiger partial charge on any atom is 0.304 e. The predicted molar refractivity (Wildman–Crippen MR) is 139 cm³/mol. The second-order valence-electron chi connectivity index (χ2n) is 8.89. The van der Waals surface area contributed by atoms with Crippen LogP contribution in [0.1, 0.15) is 45.4 Å². The number of nitrogens with zero attached hydrogens (tertiary/aromatic N) is 3. The zero-order chi connectivity index (χ0) is 29.6. The fourth-order valence-electron chi connectivity index (χ4n) is 3.52. The van der Waals surface area contributed by atoms with E-state index in [2.05, 4.69) is 10.6 Å². The van der Waals surface area contributed by atoms with E-state index in [0.29, 0.717) is 32.7 Å². The molecule has 0 saturated carbocycles. The molecule has 0 aliphatic rings. The van der Waals surface area contributed by atoms with Gasteiger partial charge in [0.15, 0.2) is 0 Å². The number of hydrogen-bond donors (Lipinski definition) is 6. The van der Waals surface area contributed by atoms with Crippen molar-refractivity contribution in [3.05, 3.63) is 0 Å². The Hall–Kier alpha value is -3.30. The van der Waals surface area contributed by atoms with Crippen LogP contribution in [-0.4, -0.2) is 143 Å². The predicted octanol–water partition coefficient (Wildman–Crippen LogP) is -1.18. The molecule has 0 aliphatic carbocycles. The fraction of sp³-hybridized carbons (Fsp3) is 0.750. The van der Waals surface area contributed by atoms with Crippen LogP contribution in [0.2, 0.25) is 0 Å². The minimum absolute atomic E-state index is 0.125. The zero-order valence-electron chi connectivity index (χ0n) is 22.6. The van der Waals surface area contributed by atoms with E-state index < -0.39 is 23.9 Å². The maximum atomic E-state index is 12.2. The first-order chi connectivity index (χ1) is 18.4. The van der Waals surface area contributed by atoms with Crippen LogP contribution >= 0.6 is 0 Å². The number of rotatable bonds is 25. The Morgan fingerprint density at radius 3 is 1.00 bits per heavy atom. The van der Waals surface area contributed by atoms with E-state index >= 15 is 0 Å². The molecule has 0 atom stereocenters. The first kappa shape index (κ1) is 35.7. The molecule has 0 aromatic rings. The van der Waals surface area contributed by atoms with Gasteiger partial charge in [0.2, 0.25) is 11.8 Å². The van der Waals surface area contributed by atoms with E-state index in [1.54, 1.807) is 9.80 Å². The zero-order valence-corrected chi connectivity index (χ0v) is 22.6. The van der Waals surface area contributed by atoms with Crippen LogP contribution in [0, 0.1) is 0 Å². The van der Waals surface area contributed by atoms with Crippen LogP contribution in [0.25, 0.3) is 0 Å². The molecular formula is C24H43N5O10. The number of carboxylic acid groups (broad SMARTS) is 4. The van der Waals surface area contributed by atoms with Crippen LogP contribution in [0.15, 0.2) is 0 Å². The van der Waals surface area contributed by atoms with Crippen LogP contribution in [0.5, 0.6) is 0 Å². The third kappa shape index (κ3) is 22.4. The maximum absolute atomic E-state index is 12.2. The Morgan fingerprint density at radius 1 is 0.462 bits per heavy atom. The largest absolute Gasteiger partial charge is 0.481 e. The monoisotopic (exact) mass is 561 g/mol. The molecule has 15 nitrogen and oxygen atoms in total. The normalized spacial score (nSPS) is 11.1. The van der Waals surface area contributed by atoms with Gasteiger partial charge in [-0.05, 0) is 6.54 Å². The van der Waals surface area contributed by atoms with E-state index in [-0.39, 0.29) is 89.6 Å². The van der Waals surface area contributed by atoms with Crippen molar-refractivity contribution < 1.29 is 49.2 Å². The Morgan fingerprint density at radius 2 is 0.744 bits per heavy atom. The second kappa shape index (κ2) is 21.6. The first-order valence-electron chi connectivity index (χ1n) is 13.0. The molecule has 0 unspecified atom stereocenters. The smallest absolute Gasteiger partial charge is 0.304 e. The third-order valence-corrected chi connectivity index (χ3v) is 5.83. The molecule has 0 heterocycles. The number of carbonyl (C=O) groups excluding carboxylic acids is 2. The Kier molecular flexibility index (Phi) is 19.8. The molecule has 0 aromatic carbocycles. The molecule has 224 valence electrons. The Bertz CT molecular complexity index is 697. The molecule has 15 heteroatoms. The summed E-state index contributed by atoms with van der Waals surface area (Å²) in [7, 11) is 0. The van der Waals surface area contributed by atoms with Crippen molar-refractivity contribution in [2.24, 2.45) is 0 Å². The van der Waals surface area contributed by atoms with E-state index in [0.717, 1.165) is 0 Å². The van der Waals surface area contributed by atoms with Gasteiger partial charge in [0.25, 0.3) is 0 Å². The van der Waals surface area contributed by atoms with E-state index in [1.807, 2.05) is 11.8 Å². The van der Waals surface area contributed by atoms with Crippen LogP contribution in [-0.2, 0) is 28.8 Å². The third-order valence-electron chi connectivity index (χ3n) is 5.83. The summed E-state index contributed by atoms with van der Waals surface area (Å²) in [5, 5.41) is 40.8. The van der Waals surface area contributed by atoms with Crippen molar-refractivity contribution in [1.82, 2.24) is 25.3 Å². The lowest BCUT2D eigenvalue weighted by Crippen LogP contribution is -2.39. The molecular weight excluding hydrogens is 518 g/mol. The van der Waals surface area contributed by atoms with Gasteiger partial charge in [-0.15, -0.1) is 0 Å². The minimum Gasteiger partial charge on any atom is -0.481 e. The van der Waals surface area contributed by atoms with Crippen LogP contribution in [0.4, 0.5) is 0 Å². The van der Waals surface area contributed by atoms with Crippen molar-refractivity contribution in [1.29, 1.82) is 0 Å². The second-order valence-corrected chi connectivity index (χ2v) is 8.89. The quantitative estimate of drug-likeness (QED) is 0.0775. The van der Waals surface area contributed by atoms with Crippen LogP contribution < -0.4 is 10.6 Å². The molecule has 0 spiro atoms. The van der Waals surface area contributed by atoms with E-state index in [4.69, 9.17) is 20.4 Å². The van der Waals surface area contributed by atoms with Crippen molar-refractivity contribution in [3.8, 4) is 0 Å². The van der Waals surface area contributed by atoms with Gasteiger partial charge in [-0.2, -0.15) is 0 Å². The summed E-state index contributed by atoms with van der Waals surface area (Å²) >= 11 is 0. The molecule has 0 rings (SSSR count).